The second-order valence-corrected chi connectivity index (χ2v) is 7.96. The molecule has 1 heterocycles. The normalized spacial score (nSPS) is 18.0. The Balaban J connectivity index is 1.67. The summed E-state index contributed by atoms with van der Waals surface area (Å²) in [6, 6.07) is 11.8. The van der Waals surface area contributed by atoms with Gasteiger partial charge in [0.1, 0.15) is 6.54 Å². The summed E-state index contributed by atoms with van der Waals surface area (Å²) >= 11 is 0. The molecular weight excluding hydrogens is 362 g/mol. The highest BCUT2D eigenvalue weighted by Crippen LogP contribution is 2.39. The van der Waals surface area contributed by atoms with Gasteiger partial charge < -0.3 is 10.2 Å². The van der Waals surface area contributed by atoms with E-state index in [-0.39, 0.29) is 24.3 Å². The monoisotopic (exact) mass is 389 g/mol. The molecule has 1 atom stereocenters. The lowest BCUT2D eigenvalue weighted by molar-refractivity contribution is -0.122. The maximum atomic E-state index is 13.4. The maximum Gasteiger partial charge on any atom is 0.244 e. The smallest absolute Gasteiger partial charge is 0.244 e. The van der Waals surface area contributed by atoms with Crippen LogP contribution in [-0.4, -0.2) is 24.1 Å². The SMILES string of the molecule is CCc1ccccc1NC(=O)CN1C(=O)[C@@H]2CCCC2=Nc2cc(C)c(C)cc21. The van der Waals surface area contributed by atoms with E-state index in [1.807, 2.05) is 50.2 Å². The van der Waals surface area contributed by atoms with Gasteiger partial charge in [-0.25, -0.2) is 0 Å². The van der Waals surface area contributed by atoms with Crippen molar-refractivity contribution in [3.63, 3.8) is 0 Å². The van der Waals surface area contributed by atoms with Crippen LogP contribution in [0.1, 0.15) is 42.9 Å². The Morgan fingerprint density at radius 2 is 1.97 bits per heavy atom. The van der Waals surface area contributed by atoms with E-state index >= 15 is 0 Å². The molecule has 2 aliphatic rings. The van der Waals surface area contributed by atoms with Gasteiger partial charge in [-0.05, 0) is 74.4 Å². The van der Waals surface area contributed by atoms with Crippen molar-refractivity contribution >= 4 is 34.6 Å². The highest BCUT2D eigenvalue weighted by atomic mass is 16.2. The average Bonchev–Trinajstić information content (AvgIpc) is 3.13. The number of rotatable bonds is 4. The van der Waals surface area contributed by atoms with Crippen LogP contribution in [0, 0.1) is 19.8 Å². The van der Waals surface area contributed by atoms with Crippen LogP contribution in [0.3, 0.4) is 0 Å². The maximum absolute atomic E-state index is 13.4. The Kier molecular flexibility index (Phi) is 5.22. The number of carbonyl (C=O) groups is 2. The topological polar surface area (TPSA) is 61.8 Å². The van der Waals surface area contributed by atoms with Crippen LogP contribution in [-0.2, 0) is 16.0 Å². The molecule has 2 aromatic carbocycles. The largest absolute Gasteiger partial charge is 0.324 e. The summed E-state index contributed by atoms with van der Waals surface area (Å²) in [5, 5.41) is 3.00. The summed E-state index contributed by atoms with van der Waals surface area (Å²) in [5.74, 6) is -0.411. The third-order valence-corrected chi connectivity index (χ3v) is 6.01. The molecule has 0 radical (unpaired) electrons. The molecule has 1 saturated carbocycles. The number of carbonyl (C=O) groups excluding carboxylic acids is 2. The van der Waals surface area contributed by atoms with E-state index in [4.69, 9.17) is 4.99 Å². The Labute approximate surface area is 171 Å². The first kappa shape index (κ1) is 19.4. The third-order valence-electron chi connectivity index (χ3n) is 6.01. The first-order valence-corrected chi connectivity index (χ1v) is 10.4. The lowest BCUT2D eigenvalue weighted by Crippen LogP contribution is -2.42. The molecule has 2 amide bonds. The van der Waals surface area contributed by atoms with Crippen molar-refractivity contribution in [2.24, 2.45) is 10.9 Å². The second-order valence-electron chi connectivity index (χ2n) is 7.96. The fraction of sp³-hybridized carbons (Fsp3) is 0.375. The molecule has 0 bridgehead atoms. The van der Waals surface area contributed by atoms with Gasteiger partial charge in [0.2, 0.25) is 11.8 Å². The molecular formula is C24H27N3O2. The van der Waals surface area contributed by atoms with Gasteiger partial charge >= 0.3 is 0 Å². The minimum absolute atomic E-state index is 0.00825. The molecule has 1 N–H and O–H groups in total. The minimum atomic E-state index is -0.209. The summed E-state index contributed by atoms with van der Waals surface area (Å²) < 4.78 is 0. The van der Waals surface area contributed by atoms with Crippen molar-refractivity contribution in [1.29, 1.82) is 0 Å². The zero-order valence-electron chi connectivity index (χ0n) is 17.3. The molecule has 1 fully saturated rings. The van der Waals surface area contributed by atoms with E-state index in [0.29, 0.717) is 0 Å². The predicted octanol–water partition coefficient (Wildman–Crippen LogP) is 4.72. The molecule has 29 heavy (non-hydrogen) atoms. The van der Waals surface area contributed by atoms with Crippen LogP contribution in [0.5, 0.6) is 0 Å². The molecule has 0 saturated heterocycles. The minimum Gasteiger partial charge on any atom is -0.324 e. The molecule has 0 spiro atoms. The summed E-state index contributed by atoms with van der Waals surface area (Å²) in [5.41, 5.74) is 6.60. The van der Waals surface area contributed by atoms with Gasteiger partial charge in [0, 0.05) is 11.4 Å². The lowest BCUT2D eigenvalue weighted by atomic mass is 10.0. The van der Waals surface area contributed by atoms with Crippen molar-refractivity contribution in [2.75, 3.05) is 16.8 Å². The predicted molar refractivity (Wildman–Crippen MR) is 117 cm³/mol. The van der Waals surface area contributed by atoms with Crippen LogP contribution in [0.25, 0.3) is 0 Å². The van der Waals surface area contributed by atoms with Gasteiger partial charge in [-0.3, -0.25) is 14.6 Å². The van der Waals surface area contributed by atoms with Crippen molar-refractivity contribution < 1.29 is 9.59 Å². The number of fused-ring (bicyclic) bond motifs is 2. The van der Waals surface area contributed by atoms with Gasteiger partial charge in [0.25, 0.3) is 0 Å². The fourth-order valence-electron chi connectivity index (χ4n) is 4.23. The summed E-state index contributed by atoms with van der Waals surface area (Å²) in [6.07, 6.45) is 3.46. The summed E-state index contributed by atoms with van der Waals surface area (Å²) in [4.78, 5) is 32.8. The number of amides is 2. The zero-order chi connectivity index (χ0) is 20.5. The molecule has 0 unspecified atom stereocenters. The van der Waals surface area contributed by atoms with Gasteiger partial charge in [0.05, 0.1) is 17.3 Å². The van der Waals surface area contributed by atoms with E-state index in [2.05, 4.69) is 12.2 Å². The van der Waals surface area contributed by atoms with Gasteiger partial charge in [-0.1, -0.05) is 25.1 Å². The van der Waals surface area contributed by atoms with Gasteiger partial charge in [-0.15, -0.1) is 0 Å². The number of aryl methyl sites for hydroxylation is 3. The van der Waals surface area contributed by atoms with Crippen LogP contribution in [0.4, 0.5) is 17.1 Å². The van der Waals surface area contributed by atoms with E-state index < -0.39 is 0 Å². The van der Waals surface area contributed by atoms with E-state index in [1.54, 1.807) is 4.90 Å². The quantitative estimate of drug-likeness (QED) is 0.822. The van der Waals surface area contributed by atoms with E-state index in [1.165, 1.54) is 0 Å². The van der Waals surface area contributed by atoms with Gasteiger partial charge in [-0.2, -0.15) is 0 Å². The standard InChI is InChI=1S/C24H27N3O2/c1-4-17-8-5-6-10-19(17)26-23(28)14-27-22-13-16(3)15(2)12-21(22)25-20-11-7-9-18(20)24(27)29/h5-6,8,10,12-13,18H,4,7,9,11,14H2,1-3H3,(H,26,28)/t18-/m1/s1. The molecule has 4 rings (SSSR count). The van der Waals surface area contributed by atoms with Crippen LogP contribution >= 0.6 is 0 Å². The first-order chi connectivity index (χ1) is 14.0. The number of para-hydroxylation sites is 1. The number of aliphatic imine (C=N–C) groups is 1. The average molecular weight is 389 g/mol. The molecule has 1 aliphatic heterocycles. The van der Waals surface area contributed by atoms with Crippen molar-refractivity contribution in [1.82, 2.24) is 0 Å². The fourth-order valence-corrected chi connectivity index (χ4v) is 4.23. The number of nitrogens with one attached hydrogen (secondary N) is 1. The first-order valence-electron chi connectivity index (χ1n) is 10.4. The zero-order valence-corrected chi connectivity index (χ0v) is 17.3. The van der Waals surface area contributed by atoms with Crippen LogP contribution in [0.15, 0.2) is 41.4 Å². The van der Waals surface area contributed by atoms with Gasteiger partial charge in [0.15, 0.2) is 0 Å². The van der Waals surface area contributed by atoms with E-state index in [9.17, 15) is 9.59 Å². The van der Waals surface area contributed by atoms with Crippen LogP contribution in [0.2, 0.25) is 0 Å². The highest BCUT2D eigenvalue weighted by molar-refractivity contribution is 6.17. The Morgan fingerprint density at radius 1 is 1.21 bits per heavy atom. The molecule has 1 aliphatic carbocycles. The summed E-state index contributed by atoms with van der Waals surface area (Å²) in [6.45, 7) is 6.12. The second kappa shape index (κ2) is 7.82. The lowest BCUT2D eigenvalue weighted by Gasteiger charge is -2.25. The number of hydrogen-bond donors (Lipinski definition) is 1. The Bertz CT molecular complexity index is 1010. The van der Waals surface area contributed by atoms with Crippen molar-refractivity contribution in [2.45, 2.75) is 46.5 Å². The molecule has 2 aromatic rings. The number of anilines is 2. The molecule has 0 aromatic heterocycles. The summed E-state index contributed by atoms with van der Waals surface area (Å²) in [7, 11) is 0. The highest BCUT2D eigenvalue weighted by Gasteiger charge is 2.37. The van der Waals surface area contributed by atoms with Crippen LogP contribution < -0.4 is 10.2 Å². The Morgan fingerprint density at radius 3 is 2.76 bits per heavy atom. The molecule has 150 valence electrons. The number of benzene rings is 2. The molecule has 5 nitrogen and oxygen atoms in total. The third kappa shape index (κ3) is 3.69. The van der Waals surface area contributed by atoms with Crippen molar-refractivity contribution in [3.05, 3.63) is 53.1 Å². The number of hydrogen-bond acceptors (Lipinski definition) is 3. The number of nitrogens with zero attached hydrogens (tertiary/aromatic N) is 2. The van der Waals surface area contributed by atoms with Crippen molar-refractivity contribution in [3.8, 4) is 0 Å². The Hall–Kier alpha value is -2.95. The van der Waals surface area contributed by atoms with E-state index in [0.717, 1.165) is 65.1 Å². The molecule has 5 heteroatoms.